The number of hydrogen-bond acceptors (Lipinski definition) is 5. The van der Waals surface area contributed by atoms with E-state index in [1.165, 1.54) is 140 Å². The molecule has 0 saturated carbocycles. The predicted molar refractivity (Wildman–Crippen MR) is 203 cm³/mol. The molecule has 0 radical (unpaired) electrons. The van der Waals surface area contributed by atoms with Crippen LogP contribution in [0, 0.1) is 0 Å². The van der Waals surface area contributed by atoms with E-state index in [0.29, 0.717) is 19.4 Å². The third-order valence-electron chi connectivity index (χ3n) is 8.86. The molecule has 6 heteroatoms. The average Bonchev–Trinajstić information content (AvgIpc) is 3.58. The van der Waals surface area contributed by atoms with Crippen LogP contribution in [0.3, 0.4) is 0 Å². The van der Waals surface area contributed by atoms with Gasteiger partial charge in [-0.3, -0.25) is 4.57 Å². The van der Waals surface area contributed by atoms with Crippen LogP contribution in [0.2, 0.25) is 0 Å². The van der Waals surface area contributed by atoms with Gasteiger partial charge in [0.05, 0.1) is 19.4 Å². The normalized spacial score (nSPS) is 12.0. The predicted octanol–water partition coefficient (Wildman–Crippen LogP) is 14.1. The first-order chi connectivity index (χ1) is 21.9. The maximum Gasteiger partial charge on any atom is 0.335 e. The Hall–Kier alpha value is -0.710. The first-order valence-corrected chi connectivity index (χ1v) is 22.1. The topological polar surface area (TPSA) is 35.5 Å². The van der Waals surface area contributed by atoms with Crippen molar-refractivity contribution in [3.63, 3.8) is 0 Å². The van der Waals surface area contributed by atoms with Crippen LogP contribution in [0.25, 0.3) is 5.57 Å². The highest BCUT2D eigenvalue weighted by molar-refractivity contribution is 7.53. The smallest absolute Gasteiger partial charge is 0.309 e. The highest BCUT2D eigenvalue weighted by Gasteiger charge is 2.30. The molecule has 2 heterocycles. The van der Waals surface area contributed by atoms with Crippen LogP contribution in [0.5, 0.6) is 0 Å². The van der Waals surface area contributed by atoms with Gasteiger partial charge in [-0.2, -0.15) is 0 Å². The zero-order valence-corrected chi connectivity index (χ0v) is 32.6. The Labute approximate surface area is 286 Å². The van der Waals surface area contributed by atoms with E-state index in [0.717, 1.165) is 19.3 Å². The summed E-state index contributed by atoms with van der Waals surface area (Å²) in [6, 6.07) is 0. The van der Waals surface area contributed by atoms with Crippen molar-refractivity contribution in [3.05, 3.63) is 48.8 Å². The standard InChI is InChI=1S/C39H67O3PS2/c1-8-14-18-22-26-33-31-44-38(34(33)27-23-19-15-9-2)32(7)39-36(29-25-21-17-11-4)35(28-24-20-16-10-3)37(45-39)30-43(40,41-12-5)42-13-6/h31H,7-30H2,1-6H3. The fourth-order valence-corrected chi connectivity index (χ4v) is 11.1. The fourth-order valence-electron chi connectivity index (χ4n) is 6.36. The lowest BCUT2D eigenvalue weighted by atomic mass is 9.92. The second-order valence-electron chi connectivity index (χ2n) is 12.7. The van der Waals surface area contributed by atoms with Gasteiger partial charge in [-0.25, -0.2) is 0 Å². The number of aryl methyl sites for hydroxylation is 1. The summed E-state index contributed by atoms with van der Waals surface area (Å²) < 4.78 is 25.6. The second kappa shape index (κ2) is 23.6. The van der Waals surface area contributed by atoms with Crippen LogP contribution in [0.1, 0.15) is 181 Å². The lowest BCUT2D eigenvalue weighted by molar-refractivity contribution is 0.219. The maximum absolute atomic E-state index is 13.9. The quantitative estimate of drug-likeness (QED) is 0.0664. The first kappa shape index (κ1) is 40.5. The summed E-state index contributed by atoms with van der Waals surface area (Å²) in [6.45, 7) is 18.6. The molecule has 0 amide bonds. The Balaban J connectivity index is 2.60. The van der Waals surface area contributed by atoms with Crippen molar-refractivity contribution in [2.75, 3.05) is 13.2 Å². The van der Waals surface area contributed by atoms with Crippen LogP contribution in [-0.4, -0.2) is 13.2 Å². The van der Waals surface area contributed by atoms with Crippen LogP contribution in [0.15, 0.2) is 12.0 Å². The van der Waals surface area contributed by atoms with E-state index >= 15 is 0 Å². The highest BCUT2D eigenvalue weighted by Crippen LogP contribution is 2.54. The zero-order valence-electron chi connectivity index (χ0n) is 30.0. The minimum absolute atomic E-state index is 0.370. The minimum atomic E-state index is -3.22. The molecule has 0 N–H and O–H groups in total. The van der Waals surface area contributed by atoms with Crippen LogP contribution in [0.4, 0.5) is 0 Å². The molecule has 2 aromatic rings. The molecule has 0 aliphatic rings. The van der Waals surface area contributed by atoms with Gasteiger partial charge in [0.2, 0.25) is 0 Å². The van der Waals surface area contributed by atoms with Gasteiger partial charge in [-0.1, -0.05) is 111 Å². The number of rotatable bonds is 28. The molecule has 0 saturated heterocycles. The van der Waals surface area contributed by atoms with E-state index in [9.17, 15) is 4.57 Å². The maximum atomic E-state index is 13.9. The van der Waals surface area contributed by atoms with Gasteiger partial charge in [-0.05, 0) is 92.8 Å². The lowest BCUT2D eigenvalue weighted by Gasteiger charge is -2.17. The summed E-state index contributed by atoms with van der Waals surface area (Å²) in [4.78, 5) is 3.94. The SMILES string of the molecule is C=C(c1scc(CCCCCC)c1CCCCCC)c1sc(CP(=O)(OCC)OCC)c(CCCCCC)c1CCCCCC. The molecule has 3 nitrogen and oxygen atoms in total. The first-order valence-electron chi connectivity index (χ1n) is 18.7. The van der Waals surface area contributed by atoms with Gasteiger partial charge in [0.15, 0.2) is 0 Å². The van der Waals surface area contributed by atoms with E-state index in [1.54, 1.807) is 11.1 Å². The van der Waals surface area contributed by atoms with Crippen molar-refractivity contribution in [2.24, 2.45) is 0 Å². The van der Waals surface area contributed by atoms with Gasteiger partial charge >= 0.3 is 7.60 Å². The van der Waals surface area contributed by atoms with Crippen molar-refractivity contribution >= 4 is 35.8 Å². The van der Waals surface area contributed by atoms with Crippen molar-refractivity contribution < 1.29 is 13.6 Å². The summed E-state index contributed by atoms with van der Waals surface area (Å²) in [5.41, 5.74) is 7.21. The molecular weight excluding hydrogens is 612 g/mol. The van der Waals surface area contributed by atoms with E-state index < -0.39 is 7.60 Å². The Kier molecular flexibility index (Phi) is 21.2. The van der Waals surface area contributed by atoms with Crippen LogP contribution >= 0.6 is 30.3 Å². The summed E-state index contributed by atoms with van der Waals surface area (Å²) in [5.74, 6) is 0. The average molecular weight is 679 g/mol. The molecule has 0 unspecified atom stereocenters. The van der Waals surface area contributed by atoms with Gasteiger partial charge < -0.3 is 9.05 Å². The molecule has 0 atom stereocenters. The number of unbranched alkanes of at least 4 members (excludes halogenated alkanes) is 12. The molecule has 258 valence electrons. The molecule has 2 rings (SSSR count). The number of hydrogen-bond donors (Lipinski definition) is 0. The molecular formula is C39H67O3PS2. The number of thiophene rings is 2. The van der Waals surface area contributed by atoms with Gasteiger partial charge in [-0.15, -0.1) is 22.7 Å². The molecule has 0 bridgehead atoms. The molecule has 0 aromatic carbocycles. The molecule has 0 aliphatic heterocycles. The molecule has 0 fully saturated rings. The zero-order chi connectivity index (χ0) is 32.9. The Morgan fingerprint density at radius 2 is 1.09 bits per heavy atom. The highest BCUT2D eigenvalue weighted by atomic mass is 32.1. The van der Waals surface area contributed by atoms with Gasteiger partial charge in [0.1, 0.15) is 0 Å². The van der Waals surface area contributed by atoms with E-state index in [-0.39, 0.29) is 0 Å². The van der Waals surface area contributed by atoms with Crippen molar-refractivity contribution in [3.8, 4) is 0 Å². The third kappa shape index (κ3) is 13.7. The van der Waals surface area contributed by atoms with Crippen molar-refractivity contribution in [1.29, 1.82) is 0 Å². The van der Waals surface area contributed by atoms with Crippen LogP contribution < -0.4 is 0 Å². The van der Waals surface area contributed by atoms with Gasteiger partial charge in [0.25, 0.3) is 0 Å². The van der Waals surface area contributed by atoms with E-state index in [4.69, 9.17) is 15.6 Å². The second-order valence-corrected chi connectivity index (χ2v) is 16.7. The fraction of sp³-hybridized carbons (Fsp3) is 0.744. The minimum Gasteiger partial charge on any atom is -0.309 e. The monoisotopic (exact) mass is 678 g/mol. The molecule has 2 aromatic heterocycles. The molecule has 0 aliphatic carbocycles. The summed E-state index contributed by atoms with van der Waals surface area (Å²) >= 11 is 3.76. The van der Waals surface area contributed by atoms with E-state index in [2.05, 4.69) is 33.1 Å². The summed E-state index contributed by atoms with van der Waals surface area (Å²) in [6.07, 6.45) is 25.0. The van der Waals surface area contributed by atoms with E-state index in [1.807, 2.05) is 36.5 Å². The summed E-state index contributed by atoms with van der Waals surface area (Å²) in [5, 5.41) is 2.45. The summed E-state index contributed by atoms with van der Waals surface area (Å²) in [7, 11) is -3.22. The Morgan fingerprint density at radius 1 is 0.622 bits per heavy atom. The Morgan fingerprint density at radius 3 is 1.58 bits per heavy atom. The molecule has 0 spiro atoms. The van der Waals surface area contributed by atoms with Crippen LogP contribution in [-0.2, 0) is 45.5 Å². The van der Waals surface area contributed by atoms with Crippen molar-refractivity contribution in [2.45, 2.75) is 176 Å². The molecule has 45 heavy (non-hydrogen) atoms. The Bertz CT molecular complexity index is 1120. The lowest BCUT2D eigenvalue weighted by Crippen LogP contribution is -2.02. The van der Waals surface area contributed by atoms with Gasteiger partial charge in [0, 0.05) is 20.2 Å². The third-order valence-corrected chi connectivity index (χ3v) is 13.5. The van der Waals surface area contributed by atoms with Crippen molar-refractivity contribution in [1.82, 2.24) is 0 Å². The largest absolute Gasteiger partial charge is 0.335 e.